The fourth-order valence-electron chi connectivity index (χ4n) is 1.73. The average Bonchev–Trinajstić information content (AvgIpc) is 2.12. The Hall–Kier alpha value is -0.570. The van der Waals surface area contributed by atoms with Crippen LogP contribution in [0, 0.1) is 5.92 Å². The number of nitrogens with one attached hydrogen (secondary N) is 1. The molecule has 2 atom stereocenters. The highest BCUT2D eigenvalue weighted by Crippen LogP contribution is 2.31. The summed E-state index contributed by atoms with van der Waals surface area (Å²) in [6.45, 7) is 6.17. The van der Waals surface area contributed by atoms with Crippen LogP contribution in [-0.2, 0) is 4.79 Å². The fraction of sp³-hybridized carbons (Fsp3) is 0.909. The van der Waals surface area contributed by atoms with Crippen LogP contribution in [0.1, 0.15) is 46.5 Å². The second-order valence-electron chi connectivity index (χ2n) is 4.81. The quantitative estimate of drug-likeness (QED) is 0.717. The average molecular weight is 198 g/mol. The molecule has 0 aliphatic heterocycles. The van der Waals surface area contributed by atoms with E-state index in [9.17, 15) is 4.79 Å². The van der Waals surface area contributed by atoms with Crippen molar-refractivity contribution in [3.8, 4) is 0 Å². The van der Waals surface area contributed by atoms with Crippen LogP contribution < -0.4 is 11.1 Å². The third kappa shape index (κ3) is 2.47. The summed E-state index contributed by atoms with van der Waals surface area (Å²) in [6, 6.07) is -0.350. The summed E-state index contributed by atoms with van der Waals surface area (Å²) >= 11 is 0. The molecule has 1 aliphatic rings. The van der Waals surface area contributed by atoms with E-state index in [1.165, 1.54) is 6.42 Å². The third-order valence-electron chi connectivity index (χ3n) is 3.44. The molecule has 1 fully saturated rings. The molecule has 82 valence electrons. The first-order chi connectivity index (χ1) is 6.48. The van der Waals surface area contributed by atoms with Gasteiger partial charge in [0.05, 0.1) is 6.04 Å². The Balaban J connectivity index is 2.41. The van der Waals surface area contributed by atoms with Crippen LogP contribution >= 0.6 is 0 Å². The monoisotopic (exact) mass is 198 g/mol. The topological polar surface area (TPSA) is 55.1 Å². The van der Waals surface area contributed by atoms with E-state index in [4.69, 9.17) is 5.73 Å². The molecule has 0 aromatic heterocycles. The number of rotatable bonds is 4. The predicted molar refractivity (Wildman–Crippen MR) is 57.8 cm³/mol. The Bertz CT molecular complexity index is 211. The third-order valence-corrected chi connectivity index (χ3v) is 3.44. The molecule has 1 unspecified atom stereocenters. The van der Waals surface area contributed by atoms with E-state index >= 15 is 0 Å². The maximum Gasteiger partial charge on any atom is 0.237 e. The lowest BCUT2D eigenvalue weighted by Gasteiger charge is -2.40. The van der Waals surface area contributed by atoms with Crippen molar-refractivity contribution >= 4 is 5.91 Å². The lowest BCUT2D eigenvalue weighted by molar-refractivity contribution is -0.126. The molecule has 3 nitrogen and oxygen atoms in total. The molecule has 1 rings (SSSR count). The first-order valence-electron chi connectivity index (χ1n) is 5.56. The van der Waals surface area contributed by atoms with Crippen LogP contribution in [0.15, 0.2) is 0 Å². The van der Waals surface area contributed by atoms with E-state index in [0.29, 0.717) is 0 Å². The lowest BCUT2D eigenvalue weighted by Crippen LogP contribution is -2.56. The van der Waals surface area contributed by atoms with Crippen LogP contribution in [0.5, 0.6) is 0 Å². The molecule has 3 N–H and O–H groups in total. The Labute approximate surface area is 86.4 Å². The minimum atomic E-state index is -0.350. The molecule has 0 heterocycles. The predicted octanol–water partition coefficient (Wildman–Crippen LogP) is 1.42. The molecule has 0 bridgehead atoms. The molecular formula is C11H22N2O. The van der Waals surface area contributed by atoms with Gasteiger partial charge < -0.3 is 11.1 Å². The van der Waals surface area contributed by atoms with Crippen molar-refractivity contribution in [1.29, 1.82) is 0 Å². The molecule has 0 saturated heterocycles. The van der Waals surface area contributed by atoms with Crippen molar-refractivity contribution in [2.24, 2.45) is 11.7 Å². The van der Waals surface area contributed by atoms with E-state index in [2.05, 4.69) is 19.2 Å². The standard InChI is InChI=1S/C11H22N2O/c1-4-8(2)9(12)10(14)13-11(3)6-5-7-11/h8-9H,4-7,12H2,1-3H3,(H,13,14)/t8?,9-/m0/s1. The van der Waals surface area contributed by atoms with Crippen LogP contribution in [0.2, 0.25) is 0 Å². The number of nitrogens with two attached hydrogens (primary N) is 1. The number of hydrogen-bond donors (Lipinski definition) is 2. The summed E-state index contributed by atoms with van der Waals surface area (Å²) in [6.07, 6.45) is 4.35. The zero-order valence-corrected chi connectivity index (χ0v) is 9.47. The van der Waals surface area contributed by atoms with E-state index < -0.39 is 0 Å². The van der Waals surface area contributed by atoms with Crippen molar-refractivity contribution in [2.45, 2.75) is 58.0 Å². The van der Waals surface area contributed by atoms with Gasteiger partial charge in [0.1, 0.15) is 0 Å². The molecule has 0 radical (unpaired) electrons. The van der Waals surface area contributed by atoms with E-state index in [0.717, 1.165) is 19.3 Å². The van der Waals surface area contributed by atoms with Gasteiger partial charge >= 0.3 is 0 Å². The van der Waals surface area contributed by atoms with E-state index in [1.807, 2.05) is 6.92 Å². The van der Waals surface area contributed by atoms with Gasteiger partial charge in [-0.3, -0.25) is 4.79 Å². The van der Waals surface area contributed by atoms with Gasteiger partial charge in [0.15, 0.2) is 0 Å². The molecule has 1 aliphatic carbocycles. The summed E-state index contributed by atoms with van der Waals surface area (Å²) < 4.78 is 0. The van der Waals surface area contributed by atoms with Gasteiger partial charge in [-0.15, -0.1) is 0 Å². The maximum atomic E-state index is 11.7. The van der Waals surface area contributed by atoms with Gasteiger partial charge in [0, 0.05) is 5.54 Å². The Morgan fingerprint density at radius 2 is 2.14 bits per heavy atom. The van der Waals surface area contributed by atoms with Gasteiger partial charge in [-0.25, -0.2) is 0 Å². The maximum absolute atomic E-state index is 11.7. The van der Waals surface area contributed by atoms with Gasteiger partial charge in [-0.1, -0.05) is 20.3 Å². The van der Waals surface area contributed by atoms with Crippen LogP contribution in [0.4, 0.5) is 0 Å². The molecule has 3 heteroatoms. The summed E-state index contributed by atoms with van der Waals surface area (Å²) in [4.78, 5) is 11.7. The zero-order chi connectivity index (χ0) is 10.8. The number of hydrogen-bond acceptors (Lipinski definition) is 2. The molecule has 1 saturated carbocycles. The van der Waals surface area contributed by atoms with Crippen molar-refractivity contribution in [2.75, 3.05) is 0 Å². The minimum Gasteiger partial charge on any atom is -0.350 e. The summed E-state index contributed by atoms with van der Waals surface area (Å²) in [7, 11) is 0. The van der Waals surface area contributed by atoms with Crippen LogP contribution in [0.25, 0.3) is 0 Å². The largest absolute Gasteiger partial charge is 0.350 e. The summed E-state index contributed by atoms with van der Waals surface area (Å²) in [5.41, 5.74) is 5.88. The molecular weight excluding hydrogens is 176 g/mol. The van der Waals surface area contributed by atoms with Crippen molar-refractivity contribution in [3.05, 3.63) is 0 Å². The van der Waals surface area contributed by atoms with E-state index in [-0.39, 0.29) is 23.4 Å². The first kappa shape index (κ1) is 11.5. The van der Waals surface area contributed by atoms with Crippen molar-refractivity contribution in [3.63, 3.8) is 0 Å². The summed E-state index contributed by atoms with van der Waals surface area (Å²) in [5, 5.41) is 3.04. The Kier molecular flexibility index (Phi) is 3.53. The van der Waals surface area contributed by atoms with Crippen molar-refractivity contribution in [1.82, 2.24) is 5.32 Å². The second kappa shape index (κ2) is 4.30. The SMILES string of the molecule is CCC(C)[C@H](N)C(=O)NC1(C)CCC1. The van der Waals surface area contributed by atoms with Gasteiger partial charge in [-0.2, -0.15) is 0 Å². The lowest BCUT2D eigenvalue weighted by atomic mass is 9.78. The first-order valence-corrected chi connectivity index (χ1v) is 5.56. The molecule has 0 spiro atoms. The van der Waals surface area contributed by atoms with Crippen LogP contribution in [-0.4, -0.2) is 17.5 Å². The number of carbonyl (C=O) groups is 1. The molecule has 0 aromatic rings. The second-order valence-corrected chi connectivity index (χ2v) is 4.81. The summed E-state index contributed by atoms with van der Waals surface area (Å²) in [5.74, 6) is 0.278. The smallest absolute Gasteiger partial charge is 0.237 e. The molecule has 0 aromatic carbocycles. The highest BCUT2D eigenvalue weighted by atomic mass is 16.2. The van der Waals surface area contributed by atoms with Gasteiger partial charge in [0.2, 0.25) is 5.91 Å². The van der Waals surface area contributed by atoms with Crippen molar-refractivity contribution < 1.29 is 4.79 Å². The Morgan fingerprint density at radius 3 is 2.50 bits per heavy atom. The van der Waals surface area contributed by atoms with Crippen LogP contribution in [0.3, 0.4) is 0 Å². The highest BCUT2D eigenvalue weighted by Gasteiger charge is 2.34. The minimum absolute atomic E-state index is 0.0153. The number of amides is 1. The highest BCUT2D eigenvalue weighted by molar-refractivity contribution is 5.82. The van der Waals surface area contributed by atoms with Gasteiger partial charge in [0.25, 0.3) is 0 Å². The Morgan fingerprint density at radius 1 is 1.57 bits per heavy atom. The van der Waals surface area contributed by atoms with E-state index in [1.54, 1.807) is 0 Å². The fourth-order valence-corrected chi connectivity index (χ4v) is 1.73. The molecule has 1 amide bonds. The normalized spacial score (nSPS) is 23.4. The zero-order valence-electron chi connectivity index (χ0n) is 9.47. The van der Waals surface area contributed by atoms with Gasteiger partial charge in [-0.05, 0) is 32.1 Å². The number of carbonyl (C=O) groups excluding carboxylic acids is 1. The molecule has 14 heavy (non-hydrogen) atoms.